The van der Waals surface area contributed by atoms with E-state index >= 15 is 0 Å². The van der Waals surface area contributed by atoms with Gasteiger partial charge in [0.05, 0.1) is 6.67 Å². The molecule has 0 atom stereocenters. The van der Waals surface area contributed by atoms with Gasteiger partial charge in [0.25, 0.3) is 0 Å². The van der Waals surface area contributed by atoms with E-state index in [-0.39, 0.29) is 12.2 Å². The van der Waals surface area contributed by atoms with Gasteiger partial charge in [0.2, 0.25) is 0 Å². The van der Waals surface area contributed by atoms with E-state index < -0.39 is 0 Å². The fourth-order valence-corrected chi connectivity index (χ4v) is 2.23. The average molecular weight is 227 g/mol. The summed E-state index contributed by atoms with van der Waals surface area (Å²) in [5.41, 5.74) is 6.98. The minimum absolute atomic E-state index is 0.216. The number of rotatable bonds is 5. The molecule has 15 heavy (non-hydrogen) atoms. The highest BCUT2D eigenvalue weighted by molar-refractivity contribution is 7.99. The Kier molecular flexibility index (Phi) is 4.61. The molecule has 0 radical (unpaired) electrons. The number of nitrogens with two attached hydrogens (primary N) is 1. The molecule has 1 rings (SSSR count). The van der Waals surface area contributed by atoms with Crippen LogP contribution < -0.4 is 5.73 Å². The summed E-state index contributed by atoms with van der Waals surface area (Å²) < 4.78 is 12.1. The summed E-state index contributed by atoms with van der Waals surface area (Å²) in [6.45, 7) is 3.72. The lowest BCUT2D eigenvalue weighted by Crippen LogP contribution is -2.34. The van der Waals surface area contributed by atoms with Gasteiger partial charge in [-0.05, 0) is 31.9 Å². The molecule has 0 amide bonds. The molecule has 0 heterocycles. The van der Waals surface area contributed by atoms with E-state index in [0.29, 0.717) is 5.75 Å². The molecule has 0 unspecified atom stereocenters. The van der Waals surface area contributed by atoms with E-state index in [1.165, 1.54) is 5.56 Å². The molecule has 84 valence electrons. The number of hydrogen-bond donors (Lipinski definition) is 1. The first-order chi connectivity index (χ1) is 7.03. The molecular weight excluding hydrogens is 209 g/mol. The van der Waals surface area contributed by atoms with E-state index in [0.717, 1.165) is 11.3 Å². The van der Waals surface area contributed by atoms with Gasteiger partial charge in [-0.2, -0.15) is 0 Å². The van der Waals surface area contributed by atoms with E-state index in [9.17, 15) is 4.39 Å². The van der Waals surface area contributed by atoms with Crippen molar-refractivity contribution in [3.63, 3.8) is 0 Å². The molecule has 0 fully saturated rings. The van der Waals surface area contributed by atoms with Crippen LogP contribution in [0.3, 0.4) is 0 Å². The summed E-state index contributed by atoms with van der Waals surface area (Å²) >= 11 is 1.56. The van der Waals surface area contributed by atoms with Gasteiger partial charge in [0.15, 0.2) is 0 Å². The van der Waals surface area contributed by atoms with E-state index in [4.69, 9.17) is 5.73 Å². The molecule has 0 aliphatic rings. The fourth-order valence-electron chi connectivity index (χ4n) is 1.43. The van der Waals surface area contributed by atoms with Crippen molar-refractivity contribution in [2.45, 2.75) is 30.7 Å². The molecule has 0 saturated carbocycles. The van der Waals surface area contributed by atoms with Crippen LogP contribution in [0.1, 0.15) is 19.4 Å². The number of thioether (sulfide) groups is 1. The topological polar surface area (TPSA) is 26.0 Å². The van der Waals surface area contributed by atoms with Crippen LogP contribution in [0, 0.1) is 0 Å². The maximum absolute atomic E-state index is 12.1. The smallest absolute Gasteiger partial charge is 0.0988 e. The van der Waals surface area contributed by atoms with Crippen molar-refractivity contribution in [2.75, 3.05) is 12.4 Å². The van der Waals surface area contributed by atoms with Crippen LogP contribution in [0.4, 0.5) is 4.39 Å². The Bertz CT molecular complexity index is 307. The van der Waals surface area contributed by atoms with Crippen LogP contribution in [0.25, 0.3) is 0 Å². The van der Waals surface area contributed by atoms with Gasteiger partial charge in [-0.1, -0.05) is 18.2 Å². The second-order valence-electron chi connectivity index (χ2n) is 4.31. The molecule has 1 aromatic carbocycles. The zero-order chi connectivity index (χ0) is 11.3. The van der Waals surface area contributed by atoms with E-state index in [2.05, 4.69) is 6.07 Å². The van der Waals surface area contributed by atoms with E-state index in [1.54, 1.807) is 11.8 Å². The summed E-state index contributed by atoms with van der Waals surface area (Å²) in [4.78, 5) is 1.15. The lowest BCUT2D eigenvalue weighted by Gasteiger charge is -2.20. The monoisotopic (exact) mass is 227 g/mol. The van der Waals surface area contributed by atoms with Crippen molar-refractivity contribution < 1.29 is 4.39 Å². The Morgan fingerprint density at radius 2 is 2.00 bits per heavy atom. The lowest BCUT2D eigenvalue weighted by molar-refractivity contribution is 0.513. The summed E-state index contributed by atoms with van der Waals surface area (Å²) in [6, 6.07) is 8.07. The second-order valence-corrected chi connectivity index (χ2v) is 5.45. The summed E-state index contributed by atoms with van der Waals surface area (Å²) in [5, 5.41) is 0. The highest BCUT2D eigenvalue weighted by Crippen LogP contribution is 2.25. The largest absolute Gasteiger partial charge is 0.325 e. The highest BCUT2D eigenvalue weighted by Gasteiger charge is 2.14. The summed E-state index contributed by atoms with van der Waals surface area (Å²) in [5.74, 6) is 0.516. The Balaban J connectivity index is 2.77. The predicted molar refractivity (Wildman–Crippen MR) is 65.1 cm³/mol. The molecule has 3 heteroatoms. The lowest BCUT2D eigenvalue weighted by atomic mass is 9.96. The van der Waals surface area contributed by atoms with Gasteiger partial charge in [-0.3, -0.25) is 4.39 Å². The quantitative estimate of drug-likeness (QED) is 0.782. The molecule has 2 N–H and O–H groups in total. The molecule has 1 nitrogen and oxygen atoms in total. The number of hydrogen-bond acceptors (Lipinski definition) is 2. The Labute approximate surface area is 95.2 Å². The van der Waals surface area contributed by atoms with Crippen molar-refractivity contribution in [1.29, 1.82) is 0 Å². The first kappa shape index (κ1) is 12.5. The van der Waals surface area contributed by atoms with Crippen molar-refractivity contribution in [2.24, 2.45) is 5.73 Å². The number of halogens is 1. The van der Waals surface area contributed by atoms with Gasteiger partial charge in [0.1, 0.15) is 0 Å². The third-order valence-electron chi connectivity index (χ3n) is 1.95. The second kappa shape index (κ2) is 5.52. The Hall–Kier alpha value is -0.540. The number of benzene rings is 1. The van der Waals surface area contributed by atoms with Crippen LogP contribution >= 0.6 is 11.8 Å². The molecule has 0 saturated heterocycles. The van der Waals surface area contributed by atoms with Gasteiger partial charge in [-0.15, -0.1) is 11.8 Å². The zero-order valence-electron chi connectivity index (χ0n) is 9.29. The maximum Gasteiger partial charge on any atom is 0.0988 e. The minimum atomic E-state index is -0.287. The van der Waals surface area contributed by atoms with Crippen LogP contribution in [-0.4, -0.2) is 18.0 Å². The highest BCUT2D eigenvalue weighted by atomic mass is 32.2. The summed E-state index contributed by atoms with van der Waals surface area (Å²) in [7, 11) is 0. The van der Waals surface area contributed by atoms with Crippen molar-refractivity contribution in [1.82, 2.24) is 0 Å². The van der Waals surface area contributed by atoms with Crippen LogP contribution in [-0.2, 0) is 6.42 Å². The van der Waals surface area contributed by atoms with Crippen LogP contribution in [0.15, 0.2) is 29.2 Å². The third kappa shape index (κ3) is 4.67. The van der Waals surface area contributed by atoms with Crippen LogP contribution in [0.5, 0.6) is 0 Å². The minimum Gasteiger partial charge on any atom is -0.325 e. The van der Waals surface area contributed by atoms with Crippen LogP contribution in [0.2, 0.25) is 0 Å². The first-order valence-electron chi connectivity index (χ1n) is 5.08. The van der Waals surface area contributed by atoms with Gasteiger partial charge < -0.3 is 5.73 Å². The Morgan fingerprint density at radius 3 is 2.60 bits per heavy atom. The summed E-state index contributed by atoms with van der Waals surface area (Å²) in [6.07, 6.45) is 0.822. The maximum atomic E-state index is 12.1. The molecule has 1 aromatic rings. The van der Waals surface area contributed by atoms with Crippen molar-refractivity contribution in [3.05, 3.63) is 29.8 Å². The third-order valence-corrected chi connectivity index (χ3v) is 3.02. The standard InChI is InChI=1S/C12H18FNS/c1-12(2,14)9-10-5-3-4-6-11(10)15-8-7-13/h3-6H,7-9,14H2,1-2H3. The molecular formula is C12H18FNS. The molecule has 0 aromatic heterocycles. The van der Waals surface area contributed by atoms with Gasteiger partial charge in [0, 0.05) is 16.2 Å². The first-order valence-corrected chi connectivity index (χ1v) is 6.07. The zero-order valence-corrected chi connectivity index (χ0v) is 10.1. The van der Waals surface area contributed by atoms with Gasteiger partial charge >= 0.3 is 0 Å². The molecule has 0 aliphatic heterocycles. The Morgan fingerprint density at radius 1 is 1.33 bits per heavy atom. The van der Waals surface area contributed by atoms with Crippen molar-refractivity contribution >= 4 is 11.8 Å². The van der Waals surface area contributed by atoms with Crippen molar-refractivity contribution in [3.8, 4) is 0 Å². The van der Waals surface area contributed by atoms with Gasteiger partial charge in [-0.25, -0.2) is 0 Å². The number of alkyl halides is 1. The molecule has 0 bridgehead atoms. The SMILES string of the molecule is CC(C)(N)Cc1ccccc1SCCF. The average Bonchev–Trinajstić information content (AvgIpc) is 2.14. The molecule has 0 spiro atoms. The van der Waals surface area contributed by atoms with E-state index in [1.807, 2.05) is 32.0 Å². The molecule has 0 aliphatic carbocycles. The fraction of sp³-hybridized carbons (Fsp3) is 0.500. The predicted octanol–water partition coefficient (Wildman–Crippen LogP) is 3.03. The normalized spacial score (nSPS) is 11.7.